The van der Waals surface area contributed by atoms with Crippen LogP contribution >= 0.6 is 0 Å². The molecule has 0 aliphatic heterocycles. The number of nitrogens with one attached hydrogen (secondary N) is 1. The summed E-state index contributed by atoms with van der Waals surface area (Å²) in [6.45, 7) is 8.61. The molecule has 1 aromatic rings. The van der Waals surface area contributed by atoms with Gasteiger partial charge in [-0.15, -0.1) is 0 Å². The maximum absolute atomic E-state index is 10.4. The molecule has 120 valence electrons. The van der Waals surface area contributed by atoms with Gasteiger partial charge in [-0.05, 0) is 80.1 Å². The summed E-state index contributed by atoms with van der Waals surface area (Å²) >= 11 is 0. The molecule has 3 atom stereocenters. The van der Waals surface area contributed by atoms with Gasteiger partial charge in [0.2, 0.25) is 0 Å². The normalized spacial score (nSPS) is 23.0. The Hall–Kier alpha value is -1.57. The van der Waals surface area contributed by atoms with Crippen LogP contribution in [-0.4, -0.2) is 11.3 Å². The molecule has 0 saturated heterocycles. The van der Waals surface area contributed by atoms with Gasteiger partial charge >= 0.3 is 0 Å². The summed E-state index contributed by atoms with van der Waals surface area (Å²) in [5, 5.41) is 17.6. The van der Waals surface area contributed by atoms with Crippen molar-refractivity contribution in [3.8, 4) is 5.75 Å². The Labute approximate surface area is 134 Å². The lowest BCUT2D eigenvalue weighted by atomic mass is 9.71. The molecule has 2 heteroatoms. The molecule has 22 heavy (non-hydrogen) atoms. The topological polar surface area (TPSA) is 44.1 Å². The lowest BCUT2D eigenvalue weighted by Crippen LogP contribution is -2.19. The van der Waals surface area contributed by atoms with E-state index in [1.165, 1.54) is 23.8 Å². The molecule has 0 amide bonds. The summed E-state index contributed by atoms with van der Waals surface area (Å²) in [7, 11) is 0. The van der Waals surface area contributed by atoms with Crippen molar-refractivity contribution in [3.63, 3.8) is 0 Å². The van der Waals surface area contributed by atoms with Crippen LogP contribution < -0.4 is 0 Å². The Morgan fingerprint density at radius 1 is 1.41 bits per heavy atom. The molecular formula is C20H29NO. The molecule has 1 aliphatic carbocycles. The lowest BCUT2D eigenvalue weighted by Gasteiger charge is -2.34. The van der Waals surface area contributed by atoms with Crippen molar-refractivity contribution in [1.29, 1.82) is 5.41 Å². The van der Waals surface area contributed by atoms with Crippen molar-refractivity contribution in [2.24, 2.45) is 5.92 Å². The average Bonchev–Trinajstić information content (AvgIpc) is 2.46. The first-order chi connectivity index (χ1) is 10.4. The third-order valence-electron chi connectivity index (χ3n) is 5.14. The number of rotatable bonds is 5. The third-order valence-corrected chi connectivity index (χ3v) is 5.14. The van der Waals surface area contributed by atoms with Crippen LogP contribution in [0.5, 0.6) is 5.75 Å². The summed E-state index contributed by atoms with van der Waals surface area (Å²) in [4.78, 5) is 0. The number of hydrogen-bond donors (Lipinski definition) is 2. The van der Waals surface area contributed by atoms with Crippen LogP contribution in [0, 0.1) is 18.3 Å². The standard InChI is InChI=1S/C20H29NO/c1-13(12-21)6-5-7-15(3)17-9-8-16(4)20-18(17)10-14(2)11-19(20)22/h6,10-12,15-17,21-22H,5,7-9H2,1-4H3/b13-6+,21-12?/t15-,16+,17?/m0/s1. The minimum atomic E-state index is 0.458. The van der Waals surface area contributed by atoms with E-state index in [1.54, 1.807) is 0 Å². The quantitative estimate of drug-likeness (QED) is 0.673. The predicted molar refractivity (Wildman–Crippen MR) is 94.2 cm³/mol. The maximum Gasteiger partial charge on any atom is 0.119 e. The molecule has 0 spiro atoms. The third kappa shape index (κ3) is 3.60. The van der Waals surface area contributed by atoms with Gasteiger partial charge in [0.1, 0.15) is 5.75 Å². The van der Waals surface area contributed by atoms with Crippen LogP contribution in [0.3, 0.4) is 0 Å². The van der Waals surface area contributed by atoms with E-state index in [4.69, 9.17) is 5.41 Å². The molecule has 2 nitrogen and oxygen atoms in total. The van der Waals surface area contributed by atoms with E-state index in [0.29, 0.717) is 23.5 Å². The fraction of sp³-hybridized carbons (Fsp3) is 0.550. The van der Waals surface area contributed by atoms with Crippen LogP contribution in [0.25, 0.3) is 0 Å². The summed E-state index contributed by atoms with van der Waals surface area (Å²) in [5.74, 6) is 2.09. The lowest BCUT2D eigenvalue weighted by molar-refractivity contribution is 0.361. The first-order valence-corrected chi connectivity index (χ1v) is 8.44. The second kappa shape index (κ2) is 7.13. The van der Waals surface area contributed by atoms with E-state index in [2.05, 4.69) is 32.9 Å². The van der Waals surface area contributed by atoms with Gasteiger partial charge in [0.05, 0.1) is 0 Å². The second-order valence-electron chi connectivity index (χ2n) is 7.02. The Balaban J connectivity index is 2.20. The molecule has 0 radical (unpaired) electrons. The minimum Gasteiger partial charge on any atom is -0.508 e. The van der Waals surface area contributed by atoms with Gasteiger partial charge in [-0.3, -0.25) is 0 Å². The predicted octanol–water partition coefficient (Wildman–Crippen LogP) is 5.69. The first-order valence-electron chi connectivity index (χ1n) is 8.44. The van der Waals surface area contributed by atoms with Gasteiger partial charge in [-0.1, -0.05) is 26.0 Å². The van der Waals surface area contributed by atoms with Gasteiger partial charge < -0.3 is 10.5 Å². The van der Waals surface area contributed by atoms with Crippen molar-refractivity contribution in [1.82, 2.24) is 0 Å². The Kier molecular flexibility index (Phi) is 5.44. The molecule has 0 aromatic heterocycles. The average molecular weight is 299 g/mol. The first kappa shape index (κ1) is 16.8. The van der Waals surface area contributed by atoms with E-state index < -0.39 is 0 Å². The number of allylic oxidation sites excluding steroid dienone is 2. The van der Waals surface area contributed by atoms with E-state index >= 15 is 0 Å². The molecule has 2 N–H and O–H groups in total. The second-order valence-corrected chi connectivity index (χ2v) is 7.02. The number of hydrogen-bond acceptors (Lipinski definition) is 2. The monoisotopic (exact) mass is 299 g/mol. The van der Waals surface area contributed by atoms with Crippen molar-refractivity contribution < 1.29 is 5.11 Å². The van der Waals surface area contributed by atoms with Gasteiger partial charge in [-0.2, -0.15) is 0 Å². The number of benzene rings is 1. The SMILES string of the molecule is C/C(C=N)=C\CC[C@H](C)C1CC[C@@H](C)c2c(O)cc(C)cc21. The van der Waals surface area contributed by atoms with Crippen LogP contribution in [-0.2, 0) is 0 Å². The van der Waals surface area contributed by atoms with E-state index in [9.17, 15) is 5.11 Å². The molecule has 0 heterocycles. The van der Waals surface area contributed by atoms with E-state index in [-0.39, 0.29) is 0 Å². The molecule has 0 bridgehead atoms. The zero-order valence-electron chi connectivity index (χ0n) is 14.3. The highest BCUT2D eigenvalue weighted by Gasteiger charge is 2.30. The number of fused-ring (bicyclic) bond motifs is 1. The molecule has 1 aromatic carbocycles. The van der Waals surface area contributed by atoms with Gasteiger partial charge in [0.25, 0.3) is 0 Å². The van der Waals surface area contributed by atoms with Crippen molar-refractivity contribution in [2.45, 2.75) is 65.2 Å². The van der Waals surface area contributed by atoms with Crippen molar-refractivity contribution in [3.05, 3.63) is 40.5 Å². The van der Waals surface area contributed by atoms with Crippen LogP contribution in [0.1, 0.15) is 75.0 Å². The van der Waals surface area contributed by atoms with Crippen LogP contribution in [0.4, 0.5) is 0 Å². The van der Waals surface area contributed by atoms with E-state index in [1.807, 2.05) is 13.0 Å². The highest BCUT2D eigenvalue weighted by Crippen LogP contribution is 2.47. The number of phenols is 1. The van der Waals surface area contributed by atoms with Crippen LogP contribution in [0.2, 0.25) is 0 Å². The molecule has 1 unspecified atom stereocenters. The summed E-state index contributed by atoms with van der Waals surface area (Å²) in [6.07, 6.45) is 8.12. The fourth-order valence-corrected chi connectivity index (χ4v) is 3.80. The maximum atomic E-state index is 10.4. The Morgan fingerprint density at radius 2 is 2.14 bits per heavy atom. The van der Waals surface area contributed by atoms with Gasteiger partial charge in [0, 0.05) is 11.8 Å². The smallest absolute Gasteiger partial charge is 0.119 e. The molecule has 0 fully saturated rings. The highest BCUT2D eigenvalue weighted by molar-refractivity contribution is 5.74. The fourth-order valence-electron chi connectivity index (χ4n) is 3.80. The van der Waals surface area contributed by atoms with E-state index in [0.717, 1.165) is 30.4 Å². The van der Waals surface area contributed by atoms with Gasteiger partial charge in [0.15, 0.2) is 0 Å². The number of phenolic OH excluding ortho intramolecular Hbond substituents is 1. The Bertz CT molecular complexity index is 573. The zero-order valence-corrected chi connectivity index (χ0v) is 14.3. The number of aromatic hydroxyl groups is 1. The largest absolute Gasteiger partial charge is 0.508 e. The Morgan fingerprint density at radius 3 is 2.82 bits per heavy atom. The summed E-state index contributed by atoms with van der Waals surface area (Å²) in [6, 6.07) is 4.18. The molecule has 1 aliphatic rings. The van der Waals surface area contributed by atoms with Gasteiger partial charge in [-0.25, -0.2) is 0 Å². The number of aryl methyl sites for hydroxylation is 1. The summed E-state index contributed by atoms with van der Waals surface area (Å²) in [5.41, 5.74) is 4.75. The molecule has 0 saturated carbocycles. The summed E-state index contributed by atoms with van der Waals surface area (Å²) < 4.78 is 0. The minimum absolute atomic E-state index is 0.458. The van der Waals surface area contributed by atoms with Crippen molar-refractivity contribution >= 4 is 6.21 Å². The molecule has 2 rings (SSSR count). The zero-order chi connectivity index (χ0) is 16.3. The van der Waals surface area contributed by atoms with Crippen molar-refractivity contribution in [2.75, 3.05) is 0 Å². The highest BCUT2D eigenvalue weighted by atomic mass is 16.3. The molecular weight excluding hydrogens is 270 g/mol. The van der Waals surface area contributed by atoms with Crippen LogP contribution in [0.15, 0.2) is 23.8 Å².